The fourth-order valence-corrected chi connectivity index (χ4v) is 1.50. The zero-order chi connectivity index (χ0) is 11.4. The van der Waals surface area contributed by atoms with E-state index in [1.165, 1.54) is 0 Å². The molecular formula is C11H8Cl2N2O. The van der Waals surface area contributed by atoms with Gasteiger partial charge in [-0.3, -0.25) is 4.98 Å². The zero-order valence-corrected chi connectivity index (χ0v) is 9.74. The van der Waals surface area contributed by atoms with Crippen molar-refractivity contribution in [3.05, 3.63) is 52.5 Å². The lowest BCUT2D eigenvalue weighted by molar-refractivity contribution is 0.300. The molecule has 0 saturated carbocycles. The Kier molecular flexibility index (Phi) is 3.59. The van der Waals surface area contributed by atoms with Gasteiger partial charge in [-0.05, 0) is 12.1 Å². The standard InChI is InChI=1S/C11H8Cl2N2O/c12-8-4-10(6-14-5-8)16-7-9-2-1-3-11(13)15-9/h1-6H,7H2. The number of ether oxygens (including phenoxy) is 1. The molecule has 2 heterocycles. The van der Waals surface area contributed by atoms with Crippen LogP contribution in [0, 0.1) is 0 Å². The minimum atomic E-state index is 0.336. The maximum Gasteiger partial charge on any atom is 0.139 e. The number of hydrogen-bond donors (Lipinski definition) is 0. The van der Waals surface area contributed by atoms with Gasteiger partial charge in [-0.25, -0.2) is 4.98 Å². The number of hydrogen-bond acceptors (Lipinski definition) is 3. The third kappa shape index (κ3) is 3.08. The van der Waals surface area contributed by atoms with Crippen molar-refractivity contribution in [2.45, 2.75) is 6.61 Å². The summed E-state index contributed by atoms with van der Waals surface area (Å²) in [4.78, 5) is 8.01. The van der Waals surface area contributed by atoms with Crippen LogP contribution in [0.5, 0.6) is 5.75 Å². The van der Waals surface area contributed by atoms with Gasteiger partial charge in [-0.2, -0.15) is 0 Å². The van der Waals surface area contributed by atoms with Crippen LogP contribution in [-0.2, 0) is 6.61 Å². The average molecular weight is 255 g/mol. The second-order valence-electron chi connectivity index (χ2n) is 3.08. The predicted octanol–water partition coefficient (Wildman–Crippen LogP) is 3.36. The molecule has 0 amide bonds. The largest absolute Gasteiger partial charge is 0.486 e. The van der Waals surface area contributed by atoms with Crippen molar-refractivity contribution in [2.75, 3.05) is 0 Å². The quantitative estimate of drug-likeness (QED) is 0.789. The Morgan fingerprint density at radius 3 is 2.81 bits per heavy atom. The molecule has 0 unspecified atom stereocenters. The smallest absolute Gasteiger partial charge is 0.139 e. The van der Waals surface area contributed by atoms with Crippen molar-refractivity contribution >= 4 is 23.2 Å². The molecule has 0 spiro atoms. The molecule has 3 nitrogen and oxygen atoms in total. The van der Waals surface area contributed by atoms with Gasteiger partial charge < -0.3 is 4.74 Å². The van der Waals surface area contributed by atoms with Crippen molar-refractivity contribution in [3.8, 4) is 5.75 Å². The van der Waals surface area contributed by atoms with Gasteiger partial charge >= 0.3 is 0 Å². The molecule has 0 saturated heterocycles. The molecule has 0 fully saturated rings. The Balaban J connectivity index is 2.02. The predicted molar refractivity (Wildman–Crippen MR) is 62.8 cm³/mol. The first kappa shape index (κ1) is 11.2. The van der Waals surface area contributed by atoms with E-state index in [0.29, 0.717) is 22.5 Å². The van der Waals surface area contributed by atoms with Crippen molar-refractivity contribution in [3.63, 3.8) is 0 Å². The van der Waals surface area contributed by atoms with Crippen LogP contribution in [0.25, 0.3) is 0 Å². The molecule has 16 heavy (non-hydrogen) atoms. The summed E-state index contributed by atoms with van der Waals surface area (Å²) in [5.41, 5.74) is 0.757. The van der Waals surface area contributed by atoms with Crippen molar-refractivity contribution in [2.24, 2.45) is 0 Å². The third-order valence-corrected chi connectivity index (χ3v) is 2.26. The Morgan fingerprint density at radius 1 is 1.19 bits per heavy atom. The third-order valence-electron chi connectivity index (χ3n) is 1.84. The Hall–Kier alpha value is -1.32. The molecule has 0 aliphatic carbocycles. The van der Waals surface area contributed by atoms with Crippen LogP contribution >= 0.6 is 23.2 Å². The topological polar surface area (TPSA) is 35.0 Å². The van der Waals surface area contributed by atoms with E-state index in [0.717, 1.165) is 5.69 Å². The van der Waals surface area contributed by atoms with Crippen LogP contribution < -0.4 is 4.74 Å². The van der Waals surface area contributed by atoms with E-state index in [-0.39, 0.29) is 0 Å². The lowest BCUT2D eigenvalue weighted by atomic mass is 10.4. The molecule has 0 radical (unpaired) electrons. The lowest BCUT2D eigenvalue weighted by Crippen LogP contribution is -1.98. The molecular weight excluding hydrogens is 247 g/mol. The second-order valence-corrected chi connectivity index (χ2v) is 3.90. The molecule has 0 aliphatic heterocycles. The van der Waals surface area contributed by atoms with Crippen LogP contribution in [0.2, 0.25) is 10.2 Å². The maximum absolute atomic E-state index is 5.77. The van der Waals surface area contributed by atoms with Crippen molar-refractivity contribution in [1.82, 2.24) is 9.97 Å². The van der Waals surface area contributed by atoms with Crippen LogP contribution in [0.4, 0.5) is 0 Å². The van der Waals surface area contributed by atoms with Crippen LogP contribution in [0.3, 0.4) is 0 Å². The highest BCUT2D eigenvalue weighted by molar-refractivity contribution is 6.30. The summed E-state index contributed by atoms with van der Waals surface area (Å²) in [5, 5.41) is 0.988. The van der Waals surface area contributed by atoms with E-state index >= 15 is 0 Å². The lowest BCUT2D eigenvalue weighted by Gasteiger charge is -2.05. The number of nitrogens with zero attached hydrogens (tertiary/aromatic N) is 2. The van der Waals surface area contributed by atoms with E-state index < -0.39 is 0 Å². The van der Waals surface area contributed by atoms with Gasteiger partial charge in [0.05, 0.1) is 16.9 Å². The van der Waals surface area contributed by atoms with Gasteiger partial charge in [-0.1, -0.05) is 29.3 Å². The van der Waals surface area contributed by atoms with Crippen LogP contribution in [0.15, 0.2) is 36.7 Å². The summed E-state index contributed by atoms with van der Waals surface area (Å²) in [7, 11) is 0. The van der Waals surface area contributed by atoms with E-state index in [2.05, 4.69) is 9.97 Å². The first-order valence-corrected chi connectivity index (χ1v) is 5.34. The van der Waals surface area contributed by atoms with E-state index in [1.54, 1.807) is 24.5 Å². The normalized spacial score (nSPS) is 10.1. The summed E-state index contributed by atoms with van der Waals surface area (Å²) in [6, 6.07) is 7.07. The monoisotopic (exact) mass is 254 g/mol. The highest BCUT2D eigenvalue weighted by Gasteiger charge is 1.99. The van der Waals surface area contributed by atoms with E-state index in [1.807, 2.05) is 12.1 Å². The average Bonchev–Trinajstić information content (AvgIpc) is 2.27. The Labute approximate surface area is 103 Å². The Morgan fingerprint density at radius 2 is 2.06 bits per heavy atom. The van der Waals surface area contributed by atoms with Gasteiger partial charge in [0.2, 0.25) is 0 Å². The molecule has 5 heteroatoms. The molecule has 2 aromatic rings. The van der Waals surface area contributed by atoms with Crippen molar-refractivity contribution < 1.29 is 4.74 Å². The van der Waals surface area contributed by atoms with Gasteiger partial charge in [0, 0.05) is 12.3 Å². The minimum absolute atomic E-state index is 0.336. The van der Waals surface area contributed by atoms with Gasteiger partial charge in [0.1, 0.15) is 17.5 Å². The molecule has 0 bridgehead atoms. The fraction of sp³-hybridized carbons (Fsp3) is 0.0909. The summed E-state index contributed by atoms with van der Waals surface area (Å²) in [6.07, 6.45) is 3.14. The fourth-order valence-electron chi connectivity index (χ4n) is 1.16. The van der Waals surface area contributed by atoms with Crippen LogP contribution in [-0.4, -0.2) is 9.97 Å². The van der Waals surface area contributed by atoms with Crippen LogP contribution in [0.1, 0.15) is 5.69 Å². The number of halogens is 2. The highest BCUT2D eigenvalue weighted by Crippen LogP contribution is 2.16. The molecule has 0 aliphatic rings. The maximum atomic E-state index is 5.77. The van der Waals surface area contributed by atoms with Gasteiger partial charge in [-0.15, -0.1) is 0 Å². The summed E-state index contributed by atoms with van der Waals surface area (Å²) in [5.74, 6) is 0.606. The van der Waals surface area contributed by atoms with Gasteiger partial charge in [0.25, 0.3) is 0 Å². The minimum Gasteiger partial charge on any atom is -0.486 e. The van der Waals surface area contributed by atoms with Crippen molar-refractivity contribution in [1.29, 1.82) is 0 Å². The van der Waals surface area contributed by atoms with E-state index in [4.69, 9.17) is 27.9 Å². The molecule has 0 atom stereocenters. The Bertz CT molecular complexity index is 445. The SMILES string of the molecule is Clc1cncc(OCc2cccc(Cl)n2)c1. The summed E-state index contributed by atoms with van der Waals surface area (Å²) >= 11 is 11.5. The molecule has 2 aromatic heterocycles. The summed E-state index contributed by atoms with van der Waals surface area (Å²) < 4.78 is 5.46. The second kappa shape index (κ2) is 5.14. The molecule has 0 N–H and O–H groups in total. The zero-order valence-electron chi connectivity index (χ0n) is 8.23. The first-order valence-electron chi connectivity index (χ1n) is 4.59. The number of pyridine rings is 2. The summed E-state index contributed by atoms with van der Waals surface area (Å²) in [6.45, 7) is 0.336. The highest BCUT2D eigenvalue weighted by atomic mass is 35.5. The molecule has 2 rings (SSSR count). The first-order chi connectivity index (χ1) is 7.74. The van der Waals surface area contributed by atoms with E-state index in [9.17, 15) is 0 Å². The number of aromatic nitrogens is 2. The van der Waals surface area contributed by atoms with Gasteiger partial charge in [0.15, 0.2) is 0 Å². The molecule has 0 aromatic carbocycles. The number of rotatable bonds is 3. The molecule has 82 valence electrons.